The Labute approximate surface area is 184 Å². The highest BCUT2D eigenvalue weighted by Gasteiger charge is 2.28. The van der Waals surface area contributed by atoms with Crippen LogP contribution in [0.3, 0.4) is 0 Å². The van der Waals surface area contributed by atoms with Gasteiger partial charge in [-0.15, -0.1) is 16.4 Å². The first-order valence-corrected chi connectivity index (χ1v) is 10.9. The Balaban J connectivity index is 1.31. The summed E-state index contributed by atoms with van der Waals surface area (Å²) in [6.45, 7) is 0.850. The van der Waals surface area contributed by atoms with Gasteiger partial charge in [-0.25, -0.2) is 22.8 Å². The number of rotatable bonds is 5. The molecule has 13 heteroatoms. The summed E-state index contributed by atoms with van der Waals surface area (Å²) < 4.78 is 42.3. The molecule has 0 spiro atoms. The molecule has 1 fully saturated rings. The summed E-state index contributed by atoms with van der Waals surface area (Å²) in [5.74, 6) is 0.725. The second-order valence-corrected chi connectivity index (χ2v) is 8.50. The number of alkyl halides is 3. The summed E-state index contributed by atoms with van der Waals surface area (Å²) in [5.41, 5.74) is 0.289. The summed E-state index contributed by atoms with van der Waals surface area (Å²) in [7, 11) is 1.61. The number of carbonyl (C=O) groups is 1. The zero-order valence-corrected chi connectivity index (χ0v) is 17.8. The molecule has 2 aliphatic heterocycles. The van der Waals surface area contributed by atoms with Crippen molar-refractivity contribution in [2.75, 3.05) is 18.0 Å². The molecular weight excluding hydrogens is 445 g/mol. The van der Waals surface area contributed by atoms with Gasteiger partial charge in [0.05, 0.1) is 24.3 Å². The van der Waals surface area contributed by atoms with Crippen LogP contribution in [0.4, 0.5) is 19.1 Å². The van der Waals surface area contributed by atoms with Gasteiger partial charge in [0.1, 0.15) is 28.4 Å². The molecule has 9 nitrogen and oxygen atoms in total. The lowest BCUT2D eigenvalue weighted by molar-refractivity contribution is 0.0935. The number of hydrogen-bond acceptors (Lipinski definition) is 7. The van der Waals surface area contributed by atoms with E-state index in [1.165, 1.54) is 16.3 Å². The number of amides is 1. The van der Waals surface area contributed by atoms with Crippen molar-refractivity contribution in [2.45, 2.75) is 31.5 Å². The molecule has 0 aromatic carbocycles. The lowest BCUT2D eigenvalue weighted by Crippen LogP contribution is -2.38. The van der Waals surface area contributed by atoms with Crippen LogP contribution in [0.25, 0.3) is 16.8 Å². The van der Waals surface area contributed by atoms with Crippen LogP contribution in [-0.4, -0.2) is 60.7 Å². The van der Waals surface area contributed by atoms with Crippen molar-refractivity contribution in [3.63, 3.8) is 0 Å². The average Bonchev–Trinajstić information content (AvgIpc) is 3.52. The van der Waals surface area contributed by atoms with E-state index in [-0.39, 0.29) is 24.0 Å². The highest BCUT2D eigenvalue weighted by atomic mass is 32.1. The number of hydrogen-bond donors (Lipinski definition) is 1. The van der Waals surface area contributed by atoms with Gasteiger partial charge in [0.2, 0.25) is 5.95 Å². The summed E-state index contributed by atoms with van der Waals surface area (Å²) in [6.07, 6.45) is 2.26. The minimum absolute atomic E-state index is 0.229. The largest absolute Gasteiger partial charge is 0.344 e. The van der Waals surface area contributed by atoms with Crippen LogP contribution in [0.2, 0.25) is 0 Å². The maximum absolute atomic E-state index is 13.5. The number of thiazole rings is 1. The topological polar surface area (TPSA) is 93.8 Å². The third-order valence-electron chi connectivity index (χ3n) is 5.41. The van der Waals surface area contributed by atoms with Crippen LogP contribution in [-0.2, 0) is 13.5 Å². The summed E-state index contributed by atoms with van der Waals surface area (Å²) >= 11 is 1.04. The Kier molecular flexibility index (Phi) is 5.19. The summed E-state index contributed by atoms with van der Waals surface area (Å²) in [6, 6.07) is -0.352. The van der Waals surface area contributed by atoms with E-state index in [1.54, 1.807) is 28.9 Å². The molecule has 5 heterocycles. The highest BCUT2D eigenvalue weighted by molar-refractivity contribution is 7.13. The number of aromatic nitrogens is 6. The molecule has 1 N–H and O–H groups in total. The summed E-state index contributed by atoms with van der Waals surface area (Å²) in [5, 5.41) is 13.0. The highest BCUT2D eigenvalue weighted by Crippen LogP contribution is 2.30. The lowest BCUT2D eigenvalue weighted by atomic mass is 10.1. The quantitative estimate of drug-likeness (QED) is 0.624. The number of nitrogens with zero attached hydrogens (tertiary/aromatic N) is 7. The fourth-order valence-electron chi connectivity index (χ4n) is 3.79. The van der Waals surface area contributed by atoms with Crippen LogP contribution < -0.4 is 10.2 Å². The van der Waals surface area contributed by atoms with Gasteiger partial charge in [0.25, 0.3) is 12.3 Å². The van der Waals surface area contributed by atoms with E-state index >= 15 is 0 Å². The Bertz CT molecular complexity index is 1190. The van der Waals surface area contributed by atoms with Crippen LogP contribution in [0, 0.1) is 0 Å². The Morgan fingerprint density at radius 3 is 2.91 bits per heavy atom. The van der Waals surface area contributed by atoms with Gasteiger partial charge in [-0.2, -0.15) is 10.1 Å². The standard InChI is InChI=1S/C19H19F3N8OS/c1-28-15(12(7-23-28)18-25-13(9-32-18)16(21)22)17(31)24-11-3-5-30-14(6-11)26-19(27-30)29-4-2-10(20)8-29/h3,5,7,9-11,16H,2,4,6,8H2,1H3,(H,24,31)/t10-,11?/m0/s1. The molecule has 168 valence electrons. The number of halogens is 3. The minimum atomic E-state index is -2.68. The van der Waals surface area contributed by atoms with Gasteiger partial charge in [-0.1, -0.05) is 0 Å². The minimum Gasteiger partial charge on any atom is -0.344 e. The van der Waals surface area contributed by atoms with Crippen molar-refractivity contribution < 1.29 is 18.0 Å². The predicted octanol–water partition coefficient (Wildman–Crippen LogP) is 2.45. The third kappa shape index (κ3) is 3.76. The van der Waals surface area contributed by atoms with Crippen LogP contribution in [0.15, 0.2) is 17.7 Å². The predicted molar refractivity (Wildman–Crippen MR) is 111 cm³/mol. The molecule has 2 aliphatic rings. The molecular formula is C19H19F3N8OS. The Morgan fingerprint density at radius 1 is 1.34 bits per heavy atom. The van der Waals surface area contributed by atoms with Gasteiger partial charge in [-0.3, -0.25) is 9.48 Å². The molecule has 3 aromatic heterocycles. The number of aryl methyl sites for hydroxylation is 1. The fourth-order valence-corrected chi connectivity index (χ4v) is 4.62. The van der Waals surface area contributed by atoms with Gasteiger partial charge >= 0.3 is 0 Å². The first kappa shape index (κ1) is 20.7. The number of nitrogens with one attached hydrogen (secondary N) is 1. The van der Waals surface area contributed by atoms with Crippen molar-refractivity contribution in [2.24, 2.45) is 7.05 Å². The zero-order chi connectivity index (χ0) is 22.4. The smallest absolute Gasteiger partial charge is 0.281 e. The van der Waals surface area contributed by atoms with Gasteiger partial charge in [0.15, 0.2) is 0 Å². The molecule has 3 aromatic rings. The first-order valence-electron chi connectivity index (χ1n) is 9.98. The summed E-state index contributed by atoms with van der Waals surface area (Å²) in [4.78, 5) is 23.3. The second kappa shape index (κ2) is 8.04. The number of fused-ring (bicyclic) bond motifs is 1. The van der Waals surface area contributed by atoms with Crippen LogP contribution in [0.1, 0.15) is 34.9 Å². The molecule has 2 atom stereocenters. The molecule has 32 heavy (non-hydrogen) atoms. The average molecular weight is 464 g/mol. The van der Waals surface area contributed by atoms with Crippen molar-refractivity contribution >= 4 is 29.4 Å². The van der Waals surface area contributed by atoms with E-state index < -0.39 is 18.5 Å². The molecule has 1 saturated heterocycles. The molecule has 1 amide bonds. The first-order chi connectivity index (χ1) is 15.4. The zero-order valence-electron chi connectivity index (χ0n) is 17.0. The lowest BCUT2D eigenvalue weighted by Gasteiger charge is -2.18. The van der Waals surface area contributed by atoms with Gasteiger partial charge < -0.3 is 10.2 Å². The normalized spacial score (nSPS) is 20.2. The number of carbonyl (C=O) groups excluding carboxylic acids is 1. The van der Waals surface area contributed by atoms with E-state index in [4.69, 9.17) is 0 Å². The third-order valence-corrected chi connectivity index (χ3v) is 6.31. The van der Waals surface area contributed by atoms with Gasteiger partial charge in [0, 0.05) is 31.6 Å². The molecule has 0 radical (unpaired) electrons. The second-order valence-electron chi connectivity index (χ2n) is 7.64. The molecule has 0 saturated carbocycles. The van der Waals surface area contributed by atoms with Gasteiger partial charge in [-0.05, 0) is 12.5 Å². The maximum Gasteiger partial charge on any atom is 0.281 e. The van der Waals surface area contributed by atoms with E-state index in [2.05, 4.69) is 25.5 Å². The Hall–Kier alpha value is -3.22. The van der Waals surface area contributed by atoms with E-state index in [9.17, 15) is 18.0 Å². The Morgan fingerprint density at radius 2 is 2.19 bits per heavy atom. The molecule has 1 unspecified atom stereocenters. The molecule has 0 aliphatic carbocycles. The van der Waals surface area contributed by atoms with Crippen molar-refractivity contribution in [3.8, 4) is 10.6 Å². The molecule has 5 rings (SSSR count). The van der Waals surface area contributed by atoms with E-state index in [0.29, 0.717) is 41.7 Å². The van der Waals surface area contributed by atoms with Crippen molar-refractivity contribution in [1.29, 1.82) is 0 Å². The number of anilines is 1. The van der Waals surface area contributed by atoms with Crippen LogP contribution in [0.5, 0.6) is 0 Å². The molecule has 0 bridgehead atoms. The maximum atomic E-state index is 13.5. The van der Waals surface area contributed by atoms with Crippen molar-refractivity contribution in [1.82, 2.24) is 34.8 Å². The van der Waals surface area contributed by atoms with E-state index in [1.807, 2.05) is 0 Å². The fraction of sp³-hybridized carbons (Fsp3) is 0.421. The van der Waals surface area contributed by atoms with Crippen LogP contribution >= 0.6 is 11.3 Å². The van der Waals surface area contributed by atoms with Crippen molar-refractivity contribution in [3.05, 3.63) is 34.9 Å². The SMILES string of the molecule is Cn1ncc(-c2nc(C(F)F)cs2)c1C(=O)NC1C=Cn2nc(N3CC[C@H](F)C3)nc2C1. The monoisotopic (exact) mass is 464 g/mol. The van der Waals surface area contributed by atoms with E-state index in [0.717, 1.165) is 11.3 Å².